The van der Waals surface area contributed by atoms with Crippen molar-refractivity contribution in [3.63, 3.8) is 0 Å². The summed E-state index contributed by atoms with van der Waals surface area (Å²) in [5.41, 5.74) is 3.14. The summed E-state index contributed by atoms with van der Waals surface area (Å²) in [5.74, 6) is 1.30. The van der Waals surface area contributed by atoms with Crippen LogP contribution < -0.4 is 10.6 Å². The van der Waals surface area contributed by atoms with Gasteiger partial charge in [-0.2, -0.15) is 5.10 Å². The molecule has 0 spiro atoms. The Morgan fingerprint density at radius 1 is 1.41 bits per heavy atom. The van der Waals surface area contributed by atoms with Gasteiger partial charge >= 0.3 is 0 Å². The van der Waals surface area contributed by atoms with Crippen molar-refractivity contribution in [1.29, 1.82) is 0 Å². The third kappa shape index (κ3) is 6.43. The van der Waals surface area contributed by atoms with Gasteiger partial charge in [0, 0.05) is 62.4 Å². The van der Waals surface area contributed by atoms with Gasteiger partial charge in [0.15, 0.2) is 5.96 Å². The van der Waals surface area contributed by atoms with Crippen LogP contribution in [0.2, 0.25) is 0 Å². The molecule has 1 aliphatic heterocycles. The lowest BCUT2D eigenvalue weighted by atomic mass is 10.0. The zero-order valence-corrected chi connectivity index (χ0v) is 20.9. The summed E-state index contributed by atoms with van der Waals surface area (Å²) in [6.45, 7) is 4.38. The van der Waals surface area contributed by atoms with Gasteiger partial charge in [-0.25, -0.2) is 0 Å². The molecule has 7 nitrogen and oxygen atoms in total. The van der Waals surface area contributed by atoms with Crippen molar-refractivity contribution in [3.05, 3.63) is 46.2 Å². The summed E-state index contributed by atoms with van der Waals surface area (Å²) >= 11 is 3.44. The SMILES string of the molecule is CN=C(NCCC(=O)Nc1cc(Br)ccc1C)N1CCC(c2cnn(C)c2)C1.I. The van der Waals surface area contributed by atoms with Crippen molar-refractivity contribution >= 4 is 57.5 Å². The molecule has 2 heterocycles. The molecule has 1 aromatic carbocycles. The second kappa shape index (κ2) is 11.0. The fourth-order valence-electron chi connectivity index (χ4n) is 3.44. The van der Waals surface area contributed by atoms with Crippen LogP contribution in [0, 0.1) is 6.92 Å². The normalized spacial score (nSPS) is 16.5. The first-order valence-corrected chi connectivity index (χ1v) is 10.3. The monoisotopic (exact) mass is 574 g/mol. The molecule has 0 saturated carbocycles. The number of hydrogen-bond acceptors (Lipinski definition) is 3. The zero-order valence-electron chi connectivity index (χ0n) is 17.0. The van der Waals surface area contributed by atoms with E-state index in [9.17, 15) is 4.79 Å². The van der Waals surface area contributed by atoms with Crippen molar-refractivity contribution in [2.45, 2.75) is 25.7 Å². The molecule has 3 rings (SSSR count). The van der Waals surface area contributed by atoms with E-state index in [2.05, 4.69) is 47.8 Å². The third-order valence-electron chi connectivity index (χ3n) is 5.00. The van der Waals surface area contributed by atoms with Gasteiger partial charge in [0.2, 0.25) is 5.91 Å². The number of carbonyl (C=O) groups is 1. The average molecular weight is 575 g/mol. The van der Waals surface area contributed by atoms with Gasteiger partial charge < -0.3 is 15.5 Å². The van der Waals surface area contributed by atoms with E-state index in [1.807, 2.05) is 43.0 Å². The molecule has 1 saturated heterocycles. The van der Waals surface area contributed by atoms with Crippen LogP contribution in [0.15, 0.2) is 40.1 Å². The number of amides is 1. The first-order chi connectivity index (χ1) is 13.5. The highest BCUT2D eigenvalue weighted by atomic mass is 127. The molecular weight excluding hydrogens is 547 g/mol. The van der Waals surface area contributed by atoms with Crippen LogP contribution in [0.4, 0.5) is 5.69 Å². The quantitative estimate of drug-likeness (QED) is 0.326. The molecule has 2 N–H and O–H groups in total. The topological polar surface area (TPSA) is 74.6 Å². The summed E-state index contributed by atoms with van der Waals surface area (Å²) in [6.07, 6.45) is 5.48. The minimum absolute atomic E-state index is 0. The van der Waals surface area contributed by atoms with Gasteiger partial charge in [-0.15, -0.1) is 24.0 Å². The Balaban J connectivity index is 0.00000300. The van der Waals surface area contributed by atoms with E-state index in [0.717, 1.165) is 41.2 Å². The minimum Gasteiger partial charge on any atom is -0.356 e. The van der Waals surface area contributed by atoms with Crippen molar-refractivity contribution < 1.29 is 4.79 Å². The summed E-state index contributed by atoms with van der Waals surface area (Å²) in [6, 6.07) is 5.86. The minimum atomic E-state index is -0.0150. The van der Waals surface area contributed by atoms with Crippen LogP contribution in [0.25, 0.3) is 0 Å². The molecule has 0 bridgehead atoms. The van der Waals surface area contributed by atoms with Crippen LogP contribution in [0.5, 0.6) is 0 Å². The first kappa shape index (κ1) is 23.7. The number of hydrogen-bond donors (Lipinski definition) is 2. The number of anilines is 1. The van der Waals surface area contributed by atoms with E-state index < -0.39 is 0 Å². The molecule has 9 heteroatoms. The number of carbonyl (C=O) groups excluding carboxylic acids is 1. The summed E-state index contributed by atoms with van der Waals surface area (Å²) in [5, 5.41) is 10.6. The third-order valence-corrected chi connectivity index (χ3v) is 5.50. The van der Waals surface area contributed by atoms with E-state index >= 15 is 0 Å². The predicted molar refractivity (Wildman–Crippen MR) is 131 cm³/mol. The lowest BCUT2D eigenvalue weighted by Crippen LogP contribution is -2.41. The smallest absolute Gasteiger partial charge is 0.226 e. The fraction of sp³-hybridized carbons (Fsp3) is 0.450. The summed E-state index contributed by atoms with van der Waals surface area (Å²) < 4.78 is 2.79. The Kier molecular flexibility index (Phi) is 8.94. The van der Waals surface area contributed by atoms with E-state index in [1.165, 1.54) is 5.56 Å². The molecule has 1 unspecified atom stereocenters. The lowest BCUT2D eigenvalue weighted by molar-refractivity contribution is -0.116. The van der Waals surface area contributed by atoms with E-state index in [0.29, 0.717) is 18.9 Å². The van der Waals surface area contributed by atoms with Gasteiger partial charge in [-0.3, -0.25) is 14.5 Å². The number of halogens is 2. The van der Waals surface area contributed by atoms with Gasteiger partial charge in [-0.05, 0) is 36.6 Å². The van der Waals surface area contributed by atoms with Crippen LogP contribution >= 0.6 is 39.9 Å². The second-order valence-electron chi connectivity index (χ2n) is 7.11. The molecular formula is C20H28BrIN6O. The van der Waals surface area contributed by atoms with Gasteiger partial charge in [0.05, 0.1) is 6.20 Å². The van der Waals surface area contributed by atoms with E-state index in [4.69, 9.17) is 0 Å². The standard InChI is InChI=1S/C20H27BrN6O.HI/c1-14-4-5-17(21)10-18(14)25-19(28)6-8-23-20(22-2)27-9-7-15(13-27)16-11-24-26(3)12-16;/h4-5,10-12,15H,6-9,13H2,1-3H3,(H,22,23)(H,25,28);1H. The number of nitrogens with one attached hydrogen (secondary N) is 2. The zero-order chi connectivity index (χ0) is 20.1. The molecule has 0 radical (unpaired) electrons. The number of guanidine groups is 1. The second-order valence-corrected chi connectivity index (χ2v) is 8.03. The van der Waals surface area contributed by atoms with Crippen molar-refractivity contribution in [3.8, 4) is 0 Å². The number of nitrogens with zero attached hydrogens (tertiary/aromatic N) is 4. The van der Waals surface area contributed by atoms with Crippen molar-refractivity contribution in [2.75, 3.05) is 32.0 Å². The molecule has 1 fully saturated rings. The summed E-state index contributed by atoms with van der Waals surface area (Å²) in [4.78, 5) is 18.9. The number of rotatable bonds is 5. The summed E-state index contributed by atoms with van der Waals surface area (Å²) in [7, 11) is 3.72. The van der Waals surface area contributed by atoms with Crippen LogP contribution in [-0.2, 0) is 11.8 Å². The number of likely N-dealkylation sites (tertiary alicyclic amines) is 1. The number of aromatic nitrogens is 2. The fourth-order valence-corrected chi connectivity index (χ4v) is 3.80. The Morgan fingerprint density at radius 3 is 2.90 bits per heavy atom. The number of aryl methyl sites for hydroxylation is 2. The average Bonchev–Trinajstić information content (AvgIpc) is 3.31. The number of benzene rings is 1. The van der Waals surface area contributed by atoms with Crippen LogP contribution in [0.1, 0.15) is 29.9 Å². The van der Waals surface area contributed by atoms with E-state index in [-0.39, 0.29) is 29.9 Å². The Bertz CT molecular complexity index is 868. The highest BCUT2D eigenvalue weighted by Crippen LogP contribution is 2.26. The molecule has 158 valence electrons. The van der Waals surface area contributed by atoms with Crippen LogP contribution in [-0.4, -0.2) is 53.2 Å². The molecule has 0 aliphatic carbocycles. The Morgan fingerprint density at radius 2 is 2.21 bits per heavy atom. The molecule has 2 aromatic rings. The number of aliphatic imine (C=N–C) groups is 1. The lowest BCUT2D eigenvalue weighted by Gasteiger charge is -2.21. The maximum Gasteiger partial charge on any atom is 0.226 e. The highest BCUT2D eigenvalue weighted by Gasteiger charge is 2.26. The van der Waals surface area contributed by atoms with Gasteiger partial charge in [-0.1, -0.05) is 22.0 Å². The molecule has 1 aromatic heterocycles. The van der Waals surface area contributed by atoms with Crippen molar-refractivity contribution in [1.82, 2.24) is 20.0 Å². The first-order valence-electron chi connectivity index (χ1n) is 9.46. The predicted octanol–water partition coefficient (Wildman–Crippen LogP) is 3.50. The van der Waals surface area contributed by atoms with Crippen LogP contribution in [0.3, 0.4) is 0 Å². The maximum absolute atomic E-state index is 12.3. The highest BCUT2D eigenvalue weighted by molar-refractivity contribution is 14.0. The molecule has 1 atom stereocenters. The Labute approximate surface area is 197 Å². The van der Waals surface area contributed by atoms with E-state index in [1.54, 1.807) is 7.05 Å². The molecule has 29 heavy (non-hydrogen) atoms. The largest absolute Gasteiger partial charge is 0.356 e. The molecule has 1 amide bonds. The Hall–Kier alpha value is -1.62. The van der Waals surface area contributed by atoms with Crippen molar-refractivity contribution in [2.24, 2.45) is 12.0 Å². The van der Waals surface area contributed by atoms with Gasteiger partial charge in [0.1, 0.15) is 0 Å². The maximum atomic E-state index is 12.3. The molecule has 1 aliphatic rings. The van der Waals surface area contributed by atoms with Gasteiger partial charge in [0.25, 0.3) is 0 Å².